The minimum Gasteiger partial charge on any atom is -0.496 e. The Bertz CT molecular complexity index is 600. The lowest BCUT2D eigenvalue weighted by Gasteiger charge is -2.09. The van der Waals surface area contributed by atoms with Crippen LogP contribution in [0.1, 0.15) is 27.0 Å². The van der Waals surface area contributed by atoms with Gasteiger partial charge >= 0.3 is 0 Å². The molecular formula is C14H16N2O2. The first-order valence-corrected chi connectivity index (χ1v) is 5.71. The summed E-state index contributed by atoms with van der Waals surface area (Å²) < 4.78 is 6.87. The highest BCUT2D eigenvalue weighted by molar-refractivity contribution is 6.09. The van der Waals surface area contributed by atoms with Gasteiger partial charge in [0.2, 0.25) is 0 Å². The molecule has 1 aromatic carbocycles. The number of benzene rings is 1. The van der Waals surface area contributed by atoms with Gasteiger partial charge in [0.15, 0.2) is 5.78 Å². The lowest BCUT2D eigenvalue weighted by Crippen LogP contribution is -2.04. The van der Waals surface area contributed by atoms with Gasteiger partial charge in [0.1, 0.15) is 5.75 Å². The second-order valence-corrected chi connectivity index (χ2v) is 4.37. The Balaban J connectivity index is 2.45. The molecule has 2 rings (SSSR count). The minimum absolute atomic E-state index is 0.00801. The van der Waals surface area contributed by atoms with Crippen LogP contribution in [0, 0.1) is 13.8 Å². The fourth-order valence-corrected chi connectivity index (χ4v) is 1.95. The van der Waals surface area contributed by atoms with Crippen LogP contribution in [0.5, 0.6) is 5.75 Å². The van der Waals surface area contributed by atoms with Gasteiger partial charge in [0.05, 0.1) is 18.9 Å². The monoisotopic (exact) mass is 244 g/mol. The first-order chi connectivity index (χ1) is 8.52. The number of methoxy groups -OCH3 is 1. The van der Waals surface area contributed by atoms with E-state index >= 15 is 0 Å². The van der Waals surface area contributed by atoms with Crippen molar-refractivity contribution < 1.29 is 9.53 Å². The SMILES string of the molecule is COc1cc(C)c(C(=O)c2cnn(C)c2)cc1C. The summed E-state index contributed by atoms with van der Waals surface area (Å²) in [5.41, 5.74) is 3.16. The summed E-state index contributed by atoms with van der Waals surface area (Å²) in [6, 6.07) is 3.75. The Hall–Kier alpha value is -2.10. The van der Waals surface area contributed by atoms with E-state index in [4.69, 9.17) is 4.74 Å². The number of carbonyl (C=O) groups excluding carboxylic acids is 1. The predicted molar refractivity (Wildman–Crippen MR) is 69.1 cm³/mol. The van der Waals surface area contributed by atoms with E-state index in [0.717, 1.165) is 16.9 Å². The van der Waals surface area contributed by atoms with Crippen LogP contribution in [0.15, 0.2) is 24.5 Å². The Kier molecular flexibility index (Phi) is 3.19. The summed E-state index contributed by atoms with van der Waals surface area (Å²) in [6.45, 7) is 3.84. The molecule has 0 saturated heterocycles. The molecule has 0 N–H and O–H groups in total. The molecule has 0 fully saturated rings. The molecule has 0 radical (unpaired) electrons. The van der Waals surface area contributed by atoms with Crippen LogP contribution in [0.2, 0.25) is 0 Å². The van der Waals surface area contributed by atoms with E-state index in [1.54, 1.807) is 31.2 Å². The predicted octanol–water partition coefficient (Wildman–Crippen LogP) is 2.28. The van der Waals surface area contributed by atoms with Crippen LogP contribution in [-0.2, 0) is 7.05 Å². The number of hydrogen-bond acceptors (Lipinski definition) is 3. The van der Waals surface area contributed by atoms with Gasteiger partial charge in [-0.25, -0.2) is 0 Å². The van der Waals surface area contributed by atoms with Crippen molar-refractivity contribution in [1.82, 2.24) is 9.78 Å². The molecule has 1 heterocycles. The fourth-order valence-electron chi connectivity index (χ4n) is 1.95. The van der Waals surface area contributed by atoms with Crippen molar-refractivity contribution in [3.05, 3.63) is 46.8 Å². The lowest BCUT2D eigenvalue weighted by molar-refractivity contribution is 0.103. The number of ether oxygens (including phenoxy) is 1. The summed E-state index contributed by atoms with van der Waals surface area (Å²) in [5, 5.41) is 4.02. The summed E-state index contributed by atoms with van der Waals surface area (Å²) in [4.78, 5) is 12.3. The third-order valence-electron chi connectivity index (χ3n) is 2.95. The number of hydrogen-bond donors (Lipinski definition) is 0. The number of carbonyl (C=O) groups is 1. The molecule has 0 aliphatic heterocycles. The summed E-state index contributed by atoms with van der Waals surface area (Å²) in [7, 11) is 3.42. The summed E-state index contributed by atoms with van der Waals surface area (Å²) in [5.74, 6) is 0.793. The molecular weight excluding hydrogens is 228 g/mol. The quantitative estimate of drug-likeness (QED) is 0.778. The van der Waals surface area contributed by atoms with E-state index in [1.165, 1.54) is 0 Å². The van der Waals surface area contributed by atoms with E-state index < -0.39 is 0 Å². The number of aryl methyl sites for hydroxylation is 3. The van der Waals surface area contributed by atoms with Crippen molar-refractivity contribution in [3.63, 3.8) is 0 Å². The molecule has 4 nitrogen and oxygen atoms in total. The maximum atomic E-state index is 12.3. The molecule has 0 saturated carbocycles. The van der Waals surface area contributed by atoms with Crippen LogP contribution in [0.25, 0.3) is 0 Å². The molecule has 4 heteroatoms. The topological polar surface area (TPSA) is 44.1 Å². The van der Waals surface area contributed by atoms with E-state index in [-0.39, 0.29) is 5.78 Å². The number of nitrogens with zero attached hydrogens (tertiary/aromatic N) is 2. The maximum absolute atomic E-state index is 12.3. The van der Waals surface area contributed by atoms with Crippen molar-refractivity contribution in [2.24, 2.45) is 7.05 Å². The Morgan fingerprint density at radius 2 is 2.00 bits per heavy atom. The van der Waals surface area contributed by atoms with E-state index in [0.29, 0.717) is 11.1 Å². The minimum atomic E-state index is -0.00801. The van der Waals surface area contributed by atoms with E-state index in [2.05, 4.69) is 5.10 Å². The molecule has 0 spiro atoms. The number of ketones is 1. The average Bonchev–Trinajstić information content (AvgIpc) is 2.77. The number of aromatic nitrogens is 2. The van der Waals surface area contributed by atoms with Crippen molar-refractivity contribution in [1.29, 1.82) is 0 Å². The molecule has 0 amide bonds. The van der Waals surface area contributed by atoms with Gasteiger partial charge < -0.3 is 4.74 Å². The Labute approximate surface area is 106 Å². The summed E-state index contributed by atoms with van der Waals surface area (Å²) in [6.07, 6.45) is 3.31. The highest BCUT2D eigenvalue weighted by atomic mass is 16.5. The normalized spacial score (nSPS) is 10.4. The molecule has 0 unspecified atom stereocenters. The average molecular weight is 244 g/mol. The second kappa shape index (κ2) is 4.64. The fraction of sp³-hybridized carbons (Fsp3) is 0.286. The molecule has 2 aromatic rings. The zero-order valence-electron chi connectivity index (χ0n) is 11.0. The molecule has 1 aromatic heterocycles. The van der Waals surface area contributed by atoms with Crippen molar-refractivity contribution in [2.75, 3.05) is 7.11 Å². The van der Waals surface area contributed by atoms with Gasteiger partial charge in [-0.3, -0.25) is 9.48 Å². The third kappa shape index (κ3) is 2.14. The van der Waals surface area contributed by atoms with E-state index in [9.17, 15) is 4.79 Å². The van der Waals surface area contributed by atoms with Gasteiger partial charge in [0, 0.05) is 18.8 Å². The van der Waals surface area contributed by atoms with Gasteiger partial charge in [-0.2, -0.15) is 5.10 Å². The zero-order valence-corrected chi connectivity index (χ0v) is 11.0. The van der Waals surface area contributed by atoms with Crippen LogP contribution in [-0.4, -0.2) is 22.7 Å². The first-order valence-electron chi connectivity index (χ1n) is 5.71. The van der Waals surface area contributed by atoms with Gasteiger partial charge in [-0.15, -0.1) is 0 Å². The highest BCUT2D eigenvalue weighted by Crippen LogP contribution is 2.24. The van der Waals surface area contributed by atoms with Crippen LogP contribution in [0.4, 0.5) is 0 Å². The van der Waals surface area contributed by atoms with E-state index in [1.807, 2.05) is 26.0 Å². The van der Waals surface area contributed by atoms with Gasteiger partial charge in [0.25, 0.3) is 0 Å². The Morgan fingerprint density at radius 3 is 2.56 bits per heavy atom. The molecule has 0 atom stereocenters. The molecule has 0 bridgehead atoms. The highest BCUT2D eigenvalue weighted by Gasteiger charge is 2.15. The molecule has 0 aliphatic rings. The Morgan fingerprint density at radius 1 is 1.28 bits per heavy atom. The third-order valence-corrected chi connectivity index (χ3v) is 2.95. The second-order valence-electron chi connectivity index (χ2n) is 4.37. The first kappa shape index (κ1) is 12.4. The van der Waals surface area contributed by atoms with Crippen LogP contribution < -0.4 is 4.74 Å². The molecule has 0 aliphatic carbocycles. The summed E-state index contributed by atoms with van der Waals surface area (Å²) >= 11 is 0. The largest absolute Gasteiger partial charge is 0.496 e. The van der Waals surface area contributed by atoms with Crippen molar-refractivity contribution >= 4 is 5.78 Å². The smallest absolute Gasteiger partial charge is 0.196 e. The van der Waals surface area contributed by atoms with Crippen molar-refractivity contribution in [2.45, 2.75) is 13.8 Å². The molecule has 18 heavy (non-hydrogen) atoms. The maximum Gasteiger partial charge on any atom is 0.196 e. The standard InChI is InChI=1S/C14H16N2O2/c1-9-6-13(18-4)10(2)5-12(9)14(17)11-7-15-16(3)8-11/h5-8H,1-4H3. The zero-order chi connectivity index (χ0) is 13.3. The van der Waals surface area contributed by atoms with Crippen molar-refractivity contribution in [3.8, 4) is 5.75 Å². The lowest BCUT2D eigenvalue weighted by atomic mass is 9.98. The molecule has 94 valence electrons. The van der Waals surface area contributed by atoms with Gasteiger partial charge in [-0.05, 0) is 37.1 Å². The van der Waals surface area contributed by atoms with Crippen LogP contribution >= 0.6 is 0 Å². The number of rotatable bonds is 3. The van der Waals surface area contributed by atoms with Crippen LogP contribution in [0.3, 0.4) is 0 Å². The van der Waals surface area contributed by atoms with Gasteiger partial charge in [-0.1, -0.05) is 0 Å².